The number of halogens is 1. The van der Waals surface area contributed by atoms with Gasteiger partial charge in [0.25, 0.3) is 5.91 Å². The first-order chi connectivity index (χ1) is 12.3. The molecule has 1 amide bonds. The first kappa shape index (κ1) is 19.5. The highest BCUT2D eigenvalue weighted by Gasteiger charge is 2.30. The average molecular weight is 458 g/mol. The minimum absolute atomic E-state index is 0.0258. The van der Waals surface area contributed by atoms with Gasteiger partial charge in [-0.2, -0.15) is 4.31 Å². The lowest BCUT2D eigenvalue weighted by molar-refractivity contribution is 0.0927. The molecule has 1 aliphatic rings. The van der Waals surface area contributed by atoms with Crippen molar-refractivity contribution in [1.29, 1.82) is 0 Å². The number of thiazole rings is 1. The third-order valence-corrected chi connectivity index (χ3v) is 8.22. The Balaban J connectivity index is 1.63. The Hall–Kier alpha value is -1.29. The SMILES string of the molecule is Cc1cc(S(=O)(=O)N2CCC(NC(=O)c3scnc3C)CC2)ccc1Br. The number of rotatable bonds is 4. The lowest BCUT2D eigenvalue weighted by atomic mass is 10.1. The van der Waals surface area contributed by atoms with Gasteiger partial charge in [-0.05, 0) is 50.5 Å². The number of nitrogens with one attached hydrogen (secondary N) is 1. The number of sulfonamides is 1. The van der Waals surface area contributed by atoms with Crippen molar-refractivity contribution in [3.63, 3.8) is 0 Å². The summed E-state index contributed by atoms with van der Waals surface area (Å²) in [6.45, 7) is 4.46. The fraction of sp³-hybridized carbons (Fsp3) is 0.412. The van der Waals surface area contributed by atoms with E-state index in [0.717, 1.165) is 15.7 Å². The van der Waals surface area contributed by atoms with E-state index in [1.165, 1.54) is 15.6 Å². The summed E-state index contributed by atoms with van der Waals surface area (Å²) in [6.07, 6.45) is 1.19. The van der Waals surface area contributed by atoms with Crippen LogP contribution in [0.5, 0.6) is 0 Å². The van der Waals surface area contributed by atoms with Gasteiger partial charge in [0.05, 0.1) is 16.1 Å². The van der Waals surface area contributed by atoms with Gasteiger partial charge >= 0.3 is 0 Å². The van der Waals surface area contributed by atoms with E-state index in [1.807, 2.05) is 6.92 Å². The Morgan fingerprint density at radius 2 is 2.00 bits per heavy atom. The molecule has 6 nitrogen and oxygen atoms in total. The van der Waals surface area contributed by atoms with Gasteiger partial charge < -0.3 is 5.32 Å². The van der Waals surface area contributed by atoms with Gasteiger partial charge in [-0.3, -0.25) is 4.79 Å². The molecule has 1 N–H and O–H groups in total. The van der Waals surface area contributed by atoms with Crippen LogP contribution in [0.15, 0.2) is 33.1 Å². The summed E-state index contributed by atoms with van der Waals surface area (Å²) in [7, 11) is -3.51. The van der Waals surface area contributed by atoms with Crippen molar-refractivity contribution in [1.82, 2.24) is 14.6 Å². The van der Waals surface area contributed by atoms with Crippen molar-refractivity contribution in [3.05, 3.63) is 44.3 Å². The second-order valence-corrected chi connectivity index (χ2v) is 9.98. The van der Waals surface area contributed by atoms with E-state index < -0.39 is 10.0 Å². The lowest BCUT2D eigenvalue weighted by Gasteiger charge is -2.31. The van der Waals surface area contributed by atoms with Crippen molar-refractivity contribution in [2.45, 2.75) is 37.6 Å². The molecule has 2 heterocycles. The number of benzene rings is 1. The van der Waals surface area contributed by atoms with Crippen molar-refractivity contribution < 1.29 is 13.2 Å². The molecule has 2 aromatic rings. The van der Waals surface area contributed by atoms with Crippen molar-refractivity contribution in [3.8, 4) is 0 Å². The number of hydrogen-bond acceptors (Lipinski definition) is 5. The minimum Gasteiger partial charge on any atom is -0.348 e. The predicted molar refractivity (Wildman–Crippen MR) is 105 cm³/mol. The van der Waals surface area contributed by atoms with Gasteiger partial charge in [0.2, 0.25) is 10.0 Å². The number of carbonyl (C=O) groups excluding carboxylic acids is 1. The number of amides is 1. The van der Waals surface area contributed by atoms with Crippen molar-refractivity contribution >= 4 is 43.2 Å². The molecule has 0 saturated carbocycles. The van der Waals surface area contributed by atoms with E-state index in [2.05, 4.69) is 26.2 Å². The van der Waals surface area contributed by atoms with Gasteiger partial charge in [-0.1, -0.05) is 15.9 Å². The third kappa shape index (κ3) is 4.00. The molecule has 1 aliphatic heterocycles. The zero-order valence-electron chi connectivity index (χ0n) is 14.5. The Kier molecular flexibility index (Phi) is 5.81. The van der Waals surface area contributed by atoms with Crippen LogP contribution in [0.4, 0.5) is 0 Å². The zero-order valence-corrected chi connectivity index (χ0v) is 17.7. The molecule has 1 fully saturated rings. The molecule has 0 atom stereocenters. The Morgan fingerprint density at radius 1 is 1.31 bits per heavy atom. The molecular formula is C17H20BrN3O3S2. The van der Waals surface area contributed by atoms with E-state index in [1.54, 1.807) is 30.6 Å². The van der Waals surface area contributed by atoms with Gasteiger partial charge in [0, 0.05) is 23.6 Å². The van der Waals surface area contributed by atoms with Crippen molar-refractivity contribution in [2.75, 3.05) is 13.1 Å². The molecule has 1 aromatic carbocycles. The number of piperidine rings is 1. The molecule has 0 bridgehead atoms. The van der Waals surface area contributed by atoms with E-state index in [0.29, 0.717) is 35.7 Å². The minimum atomic E-state index is -3.51. The van der Waals surface area contributed by atoms with Crippen LogP contribution in [0.3, 0.4) is 0 Å². The Bertz CT molecular complexity index is 919. The summed E-state index contributed by atoms with van der Waals surface area (Å²) in [6, 6.07) is 5.03. The van der Waals surface area contributed by atoms with Crippen LogP contribution < -0.4 is 5.32 Å². The average Bonchev–Trinajstić information content (AvgIpc) is 3.04. The third-order valence-electron chi connectivity index (χ3n) is 4.51. The summed E-state index contributed by atoms with van der Waals surface area (Å²) in [5, 5.41) is 2.99. The standard InChI is InChI=1S/C17H20BrN3O3S2/c1-11-9-14(3-4-15(11)18)26(23,24)21-7-5-13(6-8-21)20-17(22)16-12(2)19-10-25-16/h3-4,9-10,13H,5-8H2,1-2H3,(H,20,22). The maximum atomic E-state index is 12.8. The van der Waals surface area contributed by atoms with Gasteiger partial charge in [-0.25, -0.2) is 13.4 Å². The maximum absolute atomic E-state index is 12.8. The molecule has 3 rings (SSSR count). The van der Waals surface area contributed by atoms with Crippen molar-refractivity contribution in [2.24, 2.45) is 0 Å². The number of hydrogen-bond donors (Lipinski definition) is 1. The van der Waals surface area contributed by atoms with Crippen LogP contribution >= 0.6 is 27.3 Å². The first-order valence-electron chi connectivity index (χ1n) is 8.26. The van der Waals surface area contributed by atoms with E-state index in [4.69, 9.17) is 0 Å². The molecule has 140 valence electrons. The molecule has 0 spiro atoms. The van der Waals surface area contributed by atoms with Crippen LogP contribution in [-0.4, -0.2) is 42.7 Å². The fourth-order valence-corrected chi connectivity index (χ4v) is 5.45. The van der Waals surface area contributed by atoms with E-state index in [9.17, 15) is 13.2 Å². The fourth-order valence-electron chi connectivity index (χ4n) is 2.94. The molecule has 0 aliphatic carbocycles. The van der Waals surface area contributed by atoms with Gasteiger partial charge in [0.15, 0.2) is 0 Å². The normalized spacial score (nSPS) is 16.6. The number of aryl methyl sites for hydroxylation is 2. The predicted octanol–water partition coefficient (Wildman–Crippen LogP) is 3.11. The van der Waals surface area contributed by atoms with Crippen LogP contribution in [-0.2, 0) is 10.0 Å². The summed E-state index contributed by atoms with van der Waals surface area (Å²) < 4.78 is 28.0. The monoisotopic (exact) mass is 457 g/mol. The van der Waals surface area contributed by atoms with Crippen LogP contribution in [0.1, 0.15) is 33.8 Å². The van der Waals surface area contributed by atoms with Crippen LogP contribution in [0, 0.1) is 13.8 Å². The summed E-state index contributed by atoms with van der Waals surface area (Å²) >= 11 is 4.71. The summed E-state index contributed by atoms with van der Waals surface area (Å²) in [4.78, 5) is 17.3. The zero-order chi connectivity index (χ0) is 18.9. The van der Waals surface area contributed by atoms with E-state index in [-0.39, 0.29) is 11.9 Å². The highest BCUT2D eigenvalue weighted by atomic mass is 79.9. The molecule has 1 aromatic heterocycles. The molecule has 0 unspecified atom stereocenters. The van der Waals surface area contributed by atoms with Crippen LogP contribution in [0.25, 0.3) is 0 Å². The number of aromatic nitrogens is 1. The number of carbonyl (C=O) groups is 1. The first-order valence-corrected chi connectivity index (χ1v) is 11.4. The Morgan fingerprint density at radius 3 is 2.58 bits per heavy atom. The lowest BCUT2D eigenvalue weighted by Crippen LogP contribution is -2.46. The highest BCUT2D eigenvalue weighted by Crippen LogP contribution is 2.25. The quantitative estimate of drug-likeness (QED) is 0.764. The van der Waals surface area contributed by atoms with Gasteiger partial charge in [-0.15, -0.1) is 11.3 Å². The molecule has 0 radical (unpaired) electrons. The maximum Gasteiger partial charge on any atom is 0.263 e. The Labute approximate surface area is 165 Å². The smallest absolute Gasteiger partial charge is 0.263 e. The highest BCUT2D eigenvalue weighted by molar-refractivity contribution is 9.10. The topological polar surface area (TPSA) is 79.4 Å². The molecule has 9 heteroatoms. The largest absolute Gasteiger partial charge is 0.348 e. The van der Waals surface area contributed by atoms with Crippen LogP contribution in [0.2, 0.25) is 0 Å². The van der Waals surface area contributed by atoms with E-state index >= 15 is 0 Å². The molecule has 1 saturated heterocycles. The second kappa shape index (κ2) is 7.75. The number of nitrogens with zero attached hydrogens (tertiary/aromatic N) is 2. The molecule has 26 heavy (non-hydrogen) atoms. The second-order valence-electron chi connectivity index (χ2n) is 6.33. The van der Waals surface area contributed by atoms with Gasteiger partial charge in [0.1, 0.15) is 4.88 Å². The summed E-state index contributed by atoms with van der Waals surface area (Å²) in [5.41, 5.74) is 3.26. The summed E-state index contributed by atoms with van der Waals surface area (Å²) in [5.74, 6) is -0.130. The molecular weight excluding hydrogens is 438 g/mol.